The van der Waals surface area contributed by atoms with Crippen LogP contribution in [-0.4, -0.2) is 4.98 Å². The summed E-state index contributed by atoms with van der Waals surface area (Å²) in [7, 11) is 0. The van der Waals surface area contributed by atoms with Gasteiger partial charge in [0.15, 0.2) is 0 Å². The van der Waals surface area contributed by atoms with Crippen LogP contribution in [-0.2, 0) is 5.41 Å². The Labute approximate surface area is 107 Å². The molecular weight excluding hydrogens is 226 g/mol. The molecule has 0 aliphatic rings. The largest absolute Gasteiger partial charge is 0.240 e. The van der Waals surface area contributed by atoms with Gasteiger partial charge >= 0.3 is 0 Å². The third-order valence-electron chi connectivity index (χ3n) is 3.28. The average Bonchev–Trinajstić information content (AvgIpc) is 2.80. The molecule has 90 valence electrons. The van der Waals surface area contributed by atoms with Gasteiger partial charge < -0.3 is 0 Å². The van der Waals surface area contributed by atoms with E-state index >= 15 is 0 Å². The van der Waals surface area contributed by atoms with Gasteiger partial charge in [0.05, 0.1) is 10.2 Å². The van der Waals surface area contributed by atoms with E-state index in [1.54, 1.807) is 11.3 Å². The van der Waals surface area contributed by atoms with Crippen LogP contribution in [0.1, 0.15) is 38.1 Å². The van der Waals surface area contributed by atoms with Crippen molar-refractivity contribution in [2.45, 2.75) is 38.5 Å². The first-order valence-electron chi connectivity index (χ1n) is 6.19. The van der Waals surface area contributed by atoms with Crippen molar-refractivity contribution in [3.63, 3.8) is 0 Å². The van der Waals surface area contributed by atoms with E-state index in [0.717, 1.165) is 11.9 Å². The third kappa shape index (κ3) is 2.42. The second-order valence-corrected chi connectivity index (χ2v) is 5.74. The fraction of sp³-hybridized carbons (Fsp3) is 0.400. The molecule has 1 aromatic heterocycles. The number of thiazole rings is 1. The lowest BCUT2D eigenvalue weighted by molar-refractivity contribution is 0.509. The van der Waals surface area contributed by atoms with Crippen molar-refractivity contribution < 1.29 is 0 Å². The number of para-hydroxylation sites is 1. The zero-order chi connectivity index (χ0) is 12.3. The summed E-state index contributed by atoms with van der Waals surface area (Å²) in [5.41, 5.74) is 1.14. The number of fused-ring (bicyclic) bond motifs is 1. The summed E-state index contributed by atoms with van der Waals surface area (Å²) >= 11 is 1.80. The summed E-state index contributed by atoms with van der Waals surface area (Å²) in [6.45, 7) is 8.47. The number of nitrogens with zero attached hydrogens (tertiary/aromatic N) is 1. The van der Waals surface area contributed by atoms with Gasteiger partial charge in [-0.3, -0.25) is 0 Å². The lowest BCUT2D eigenvalue weighted by Gasteiger charge is -2.22. The highest BCUT2D eigenvalue weighted by atomic mass is 32.1. The van der Waals surface area contributed by atoms with Crippen LogP contribution in [0.2, 0.25) is 0 Å². The number of rotatable bonds is 5. The standard InChI is InChI=1S/C15H19NS/c1-4-6-11-15(3,5-2)14-16-12-9-7-8-10-13(12)17-14/h5,7-10H,2,4,6,11H2,1,3H3/t15-/m0/s1. The van der Waals surface area contributed by atoms with E-state index in [0.29, 0.717) is 0 Å². The first kappa shape index (κ1) is 12.3. The minimum Gasteiger partial charge on any atom is -0.240 e. The van der Waals surface area contributed by atoms with Crippen molar-refractivity contribution in [2.24, 2.45) is 0 Å². The van der Waals surface area contributed by atoms with Crippen molar-refractivity contribution in [1.29, 1.82) is 0 Å². The third-order valence-corrected chi connectivity index (χ3v) is 4.60. The summed E-state index contributed by atoms with van der Waals surface area (Å²) in [6.07, 6.45) is 5.62. The Balaban J connectivity index is 2.39. The first-order chi connectivity index (χ1) is 8.19. The van der Waals surface area contributed by atoms with Crippen LogP contribution in [0.25, 0.3) is 10.2 Å². The molecule has 0 unspecified atom stereocenters. The van der Waals surface area contributed by atoms with E-state index in [2.05, 4.69) is 44.7 Å². The van der Waals surface area contributed by atoms with Gasteiger partial charge in [-0.15, -0.1) is 17.9 Å². The topological polar surface area (TPSA) is 12.9 Å². The molecule has 2 rings (SSSR count). The first-order valence-corrected chi connectivity index (χ1v) is 7.01. The van der Waals surface area contributed by atoms with Gasteiger partial charge in [0.25, 0.3) is 0 Å². The van der Waals surface area contributed by atoms with Crippen molar-refractivity contribution >= 4 is 21.6 Å². The maximum Gasteiger partial charge on any atom is 0.103 e. The number of unbranched alkanes of at least 4 members (excludes halogenated alkanes) is 1. The SMILES string of the molecule is C=C[C@@](C)(CCCC)c1nc2ccccc2s1. The van der Waals surface area contributed by atoms with E-state index in [4.69, 9.17) is 4.98 Å². The second kappa shape index (κ2) is 5.01. The zero-order valence-electron chi connectivity index (χ0n) is 10.6. The molecular formula is C15H19NS. The Morgan fingerprint density at radius 3 is 2.82 bits per heavy atom. The summed E-state index contributed by atoms with van der Waals surface area (Å²) < 4.78 is 1.27. The maximum atomic E-state index is 4.76. The van der Waals surface area contributed by atoms with Crippen molar-refractivity contribution in [1.82, 2.24) is 4.98 Å². The molecule has 1 nitrogen and oxygen atoms in total. The van der Waals surface area contributed by atoms with Gasteiger partial charge in [-0.25, -0.2) is 4.98 Å². The van der Waals surface area contributed by atoms with E-state index in [-0.39, 0.29) is 5.41 Å². The molecule has 2 aromatic rings. The molecule has 0 bridgehead atoms. The summed E-state index contributed by atoms with van der Waals surface area (Å²) in [6, 6.07) is 8.34. The highest BCUT2D eigenvalue weighted by molar-refractivity contribution is 7.18. The predicted molar refractivity (Wildman–Crippen MR) is 76.7 cm³/mol. The molecule has 1 atom stereocenters. The molecule has 17 heavy (non-hydrogen) atoms. The molecule has 1 heterocycles. The smallest absolute Gasteiger partial charge is 0.103 e. The van der Waals surface area contributed by atoms with Gasteiger partial charge in [0.1, 0.15) is 5.01 Å². The van der Waals surface area contributed by atoms with Crippen LogP contribution < -0.4 is 0 Å². The van der Waals surface area contributed by atoms with Crippen molar-refractivity contribution in [2.75, 3.05) is 0 Å². The van der Waals surface area contributed by atoms with E-state index in [1.807, 2.05) is 6.07 Å². The van der Waals surface area contributed by atoms with Crippen LogP contribution in [0.15, 0.2) is 36.9 Å². The van der Waals surface area contributed by atoms with Crippen LogP contribution in [0.4, 0.5) is 0 Å². The number of hydrogen-bond donors (Lipinski definition) is 0. The Morgan fingerprint density at radius 2 is 2.18 bits per heavy atom. The molecule has 0 amide bonds. The Bertz CT molecular complexity index is 481. The highest BCUT2D eigenvalue weighted by Gasteiger charge is 2.26. The number of hydrogen-bond acceptors (Lipinski definition) is 2. The normalized spacial score (nSPS) is 14.7. The van der Waals surface area contributed by atoms with E-state index in [9.17, 15) is 0 Å². The van der Waals surface area contributed by atoms with Crippen LogP contribution in [0.3, 0.4) is 0 Å². The Kier molecular flexibility index (Phi) is 3.63. The predicted octanol–water partition coefficient (Wildman–Crippen LogP) is 4.93. The lowest BCUT2D eigenvalue weighted by atomic mass is 9.86. The van der Waals surface area contributed by atoms with E-state index < -0.39 is 0 Å². The fourth-order valence-corrected chi connectivity index (χ4v) is 3.09. The average molecular weight is 245 g/mol. The molecule has 0 aliphatic carbocycles. The molecule has 0 spiro atoms. The summed E-state index contributed by atoms with van der Waals surface area (Å²) in [5.74, 6) is 0. The van der Waals surface area contributed by atoms with Crippen LogP contribution in [0, 0.1) is 0 Å². The summed E-state index contributed by atoms with van der Waals surface area (Å²) in [5, 5.41) is 1.20. The minimum atomic E-state index is 0.0275. The molecule has 0 fully saturated rings. The minimum absolute atomic E-state index is 0.0275. The van der Waals surface area contributed by atoms with Crippen LogP contribution >= 0.6 is 11.3 Å². The van der Waals surface area contributed by atoms with Crippen molar-refractivity contribution in [3.8, 4) is 0 Å². The highest BCUT2D eigenvalue weighted by Crippen LogP contribution is 2.36. The van der Waals surface area contributed by atoms with Crippen molar-refractivity contribution in [3.05, 3.63) is 41.9 Å². The molecule has 0 N–H and O–H groups in total. The molecule has 0 saturated heterocycles. The van der Waals surface area contributed by atoms with Gasteiger partial charge in [0.2, 0.25) is 0 Å². The van der Waals surface area contributed by atoms with Crippen LogP contribution in [0.5, 0.6) is 0 Å². The molecule has 0 aliphatic heterocycles. The second-order valence-electron chi connectivity index (χ2n) is 4.71. The van der Waals surface area contributed by atoms with Gasteiger partial charge in [0, 0.05) is 5.41 Å². The number of aromatic nitrogens is 1. The quantitative estimate of drug-likeness (QED) is 0.681. The Hall–Kier alpha value is -1.15. The lowest BCUT2D eigenvalue weighted by Crippen LogP contribution is -2.18. The maximum absolute atomic E-state index is 4.76. The number of allylic oxidation sites excluding steroid dienone is 1. The molecule has 0 saturated carbocycles. The number of benzene rings is 1. The molecule has 1 aromatic carbocycles. The molecule has 2 heteroatoms. The fourth-order valence-electron chi connectivity index (χ4n) is 1.96. The Morgan fingerprint density at radius 1 is 1.41 bits per heavy atom. The van der Waals surface area contributed by atoms with Gasteiger partial charge in [-0.1, -0.05) is 38.0 Å². The monoisotopic (exact) mass is 245 g/mol. The van der Waals surface area contributed by atoms with Gasteiger partial charge in [-0.05, 0) is 25.5 Å². The van der Waals surface area contributed by atoms with Gasteiger partial charge in [-0.2, -0.15) is 0 Å². The van der Waals surface area contributed by atoms with E-state index in [1.165, 1.54) is 22.5 Å². The molecule has 0 radical (unpaired) electrons. The summed E-state index contributed by atoms with van der Waals surface area (Å²) in [4.78, 5) is 4.76. The zero-order valence-corrected chi connectivity index (χ0v) is 11.4.